The summed E-state index contributed by atoms with van der Waals surface area (Å²) in [7, 11) is 1.65. The summed E-state index contributed by atoms with van der Waals surface area (Å²) in [5.41, 5.74) is 6.12. The highest BCUT2D eigenvalue weighted by Crippen LogP contribution is 2.21. The van der Waals surface area contributed by atoms with E-state index in [9.17, 15) is 4.79 Å². The molecule has 118 valence electrons. The Bertz CT molecular complexity index is 728. The van der Waals surface area contributed by atoms with E-state index >= 15 is 0 Å². The molecule has 2 N–H and O–H groups in total. The molecule has 0 saturated heterocycles. The molecule has 0 aromatic heterocycles. The summed E-state index contributed by atoms with van der Waals surface area (Å²) in [6, 6.07) is 15.5. The van der Waals surface area contributed by atoms with Crippen molar-refractivity contribution in [2.24, 2.45) is 0 Å². The van der Waals surface area contributed by atoms with Crippen molar-refractivity contribution in [3.05, 3.63) is 65.9 Å². The number of rotatable bonds is 4. The highest BCUT2D eigenvalue weighted by Gasteiger charge is 2.15. The minimum Gasteiger partial charge on any atom is -0.496 e. The van der Waals surface area contributed by atoms with Crippen LogP contribution in [0.15, 0.2) is 54.7 Å². The number of hydrazine groups is 1. The van der Waals surface area contributed by atoms with Crippen LogP contribution in [0.3, 0.4) is 0 Å². The van der Waals surface area contributed by atoms with Crippen LogP contribution in [-0.4, -0.2) is 24.7 Å². The Labute approximate surface area is 135 Å². The quantitative estimate of drug-likeness (QED) is 0.911. The average molecular weight is 309 g/mol. The monoisotopic (exact) mass is 309 g/mol. The van der Waals surface area contributed by atoms with Gasteiger partial charge in [0.05, 0.1) is 12.8 Å². The second-order valence-electron chi connectivity index (χ2n) is 5.18. The lowest BCUT2D eigenvalue weighted by Crippen LogP contribution is -2.41. The lowest BCUT2D eigenvalue weighted by Gasteiger charge is -2.25. The number of urea groups is 1. The minimum atomic E-state index is -0.189. The van der Waals surface area contributed by atoms with Gasteiger partial charge in [-0.1, -0.05) is 36.4 Å². The van der Waals surface area contributed by atoms with Crippen molar-refractivity contribution in [3.63, 3.8) is 0 Å². The van der Waals surface area contributed by atoms with Crippen molar-refractivity contribution in [1.29, 1.82) is 0 Å². The molecule has 0 aliphatic carbocycles. The third-order valence-electron chi connectivity index (χ3n) is 3.69. The Morgan fingerprint density at radius 1 is 1.17 bits per heavy atom. The topological polar surface area (TPSA) is 53.6 Å². The van der Waals surface area contributed by atoms with Crippen LogP contribution in [0.25, 0.3) is 6.08 Å². The predicted molar refractivity (Wildman–Crippen MR) is 91.0 cm³/mol. The van der Waals surface area contributed by atoms with Gasteiger partial charge in [-0.05, 0) is 30.2 Å². The second kappa shape index (κ2) is 6.87. The highest BCUT2D eigenvalue weighted by molar-refractivity contribution is 5.81. The number of carbonyl (C=O) groups excluding carboxylic acids is 1. The smallest absolute Gasteiger partial charge is 0.340 e. The first kappa shape index (κ1) is 15.0. The molecule has 0 fully saturated rings. The second-order valence-corrected chi connectivity index (χ2v) is 5.18. The first-order valence-electron chi connectivity index (χ1n) is 7.51. The van der Waals surface area contributed by atoms with E-state index in [-0.39, 0.29) is 6.03 Å². The number of amides is 2. The van der Waals surface area contributed by atoms with Gasteiger partial charge in [-0.3, -0.25) is 5.43 Å². The molecule has 0 unspecified atom stereocenters. The fourth-order valence-corrected chi connectivity index (χ4v) is 2.48. The number of nitrogens with one attached hydrogen (secondary N) is 2. The Morgan fingerprint density at radius 2 is 1.96 bits per heavy atom. The molecule has 0 radical (unpaired) electrons. The third-order valence-corrected chi connectivity index (χ3v) is 3.69. The van der Waals surface area contributed by atoms with E-state index in [4.69, 9.17) is 4.74 Å². The summed E-state index contributed by atoms with van der Waals surface area (Å²) in [5, 5.41) is 4.35. The fraction of sp³-hybridized carbons (Fsp3) is 0.167. The zero-order valence-electron chi connectivity index (χ0n) is 13.0. The van der Waals surface area contributed by atoms with E-state index in [1.165, 1.54) is 5.01 Å². The molecule has 0 spiro atoms. The number of hydrogen-bond acceptors (Lipinski definition) is 3. The SMILES string of the molecule is COc1ccccc1CCNC(=O)N1C=Cc2ccccc2N1. The maximum absolute atomic E-state index is 12.2. The van der Waals surface area contributed by atoms with Crippen molar-refractivity contribution in [1.82, 2.24) is 10.3 Å². The van der Waals surface area contributed by atoms with Gasteiger partial charge >= 0.3 is 6.03 Å². The van der Waals surface area contributed by atoms with Gasteiger partial charge in [0.15, 0.2) is 0 Å². The summed E-state index contributed by atoms with van der Waals surface area (Å²) < 4.78 is 5.31. The molecule has 23 heavy (non-hydrogen) atoms. The zero-order valence-corrected chi connectivity index (χ0v) is 13.0. The molecule has 1 aliphatic rings. The van der Waals surface area contributed by atoms with Crippen molar-refractivity contribution in [2.75, 3.05) is 19.1 Å². The number of ether oxygens (including phenoxy) is 1. The van der Waals surface area contributed by atoms with Gasteiger partial charge in [0, 0.05) is 18.3 Å². The van der Waals surface area contributed by atoms with Gasteiger partial charge < -0.3 is 10.1 Å². The number of nitrogens with zero attached hydrogens (tertiary/aromatic N) is 1. The normalized spacial score (nSPS) is 12.3. The lowest BCUT2D eigenvalue weighted by molar-refractivity contribution is 0.222. The van der Waals surface area contributed by atoms with E-state index in [1.807, 2.05) is 54.6 Å². The van der Waals surface area contributed by atoms with Gasteiger partial charge in [0.2, 0.25) is 0 Å². The Balaban J connectivity index is 1.55. The molecule has 5 nitrogen and oxygen atoms in total. The van der Waals surface area contributed by atoms with Crippen LogP contribution < -0.4 is 15.5 Å². The Kier molecular flexibility index (Phi) is 4.47. The highest BCUT2D eigenvalue weighted by atomic mass is 16.5. The third kappa shape index (κ3) is 3.45. The number of fused-ring (bicyclic) bond motifs is 1. The summed E-state index contributed by atoms with van der Waals surface area (Å²) in [6.45, 7) is 0.535. The molecule has 2 amide bonds. The van der Waals surface area contributed by atoms with Crippen LogP contribution in [-0.2, 0) is 6.42 Å². The summed E-state index contributed by atoms with van der Waals surface area (Å²) in [5.74, 6) is 0.840. The average Bonchev–Trinajstić information content (AvgIpc) is 2.61. The van der Waals surface area contributed by atoms with Gasteiger partial charge in [0.1, 0.15) is 5.75 Å². The van der Waals surface area contributed by atoms with Crippen LogP contribution in [0.5, 0.6) is 5.75 Å². The molecule has 5 heteroatoms. The molecule has 1 aliphatic heterocycles. The van der Waals surface area contributed by atoms with Crippen LogP contribution in [0, 0.1) is 0 Å². The number of methoxy groups -OCH3 is 1. The maximum atomic E-state index is 12.2. The van der Waals surface area contributed by atoms with Crippen LogP contribution in [0.1, 0.15) is 11.1 Å². The zero-order chi connectivity index (χ0) is 16.1. The van der Waals surface area contributed by atoms with Crippen molar-refractivity contribution >= 4 is 17.8 Å². The summed E-state index contributed by atoms with van der Waals surface area (Å²) in [6.07, 6.45) is 4.34. The van der Waals surface area contributed by atoms with E-state index in [0.717, 1.165) is 22.6 Å². The van der Waals surface area contributed by atoms with Gasteiger partial charge in [0.25, 0.3) is 0 Å². The van der Waals surface area contributed by atoms with Crippen molar-refractivity contribution in [2.45, 2.75) is 6.42 Å². The van der Waals surface area contributed by atoms with E-state index in [0.29, 0.717) is 13.0 Å². The summed E-state index contributed by atoms with van der Waals surface area (Å²) >= 11 is 0. The molecule has 0 saturated carbocycles. The van der Waals surface area contributed by atoms with E-state index < -0.39 is 0 Å². The number of hydrogen-bond donors (Lipinski definition) is 2. The molecule has 2 aromatic carbocycles. The lowest BCUT2D eigenvalue weighted by atomic mass is 10.1. The fourth-order valence-electron chi connectivity index (χ4n) is 2.48. The van der Waals surface area contributed by atoms with E-state index in [1.54, 1.807) is 13.3 Å². The van der Waals surface area contributed by atoms with Gasteiger partial charge in [-0.2, -0.15) is 0 Å². The molecule has 3 rings (SSSR count). The van der Waals surface area contributed by atoms with Gasteiger partial charge in [-0.15, -0.1) is 0 Å². The predicted octanol–water partition coefficient (Wildman–Crippen LogP) is 3.26. The largest absolute Gasteiger partial charge is 0.496 e. The Morgan fingerprint density at radius 3 is 2.83 bits per heavy atom. The van der Waals surface area contributed by atoms with Crippen LogP contribution in [0.2, 0.25) is 0 Å². The van der Waals surface area contributed by atoms with Crippen LogP contribution >= 0.6 is 0 Å². The molecule has 0 bridgehead atoms. The number of carbonyl (C=O) groups is 1. The number of para-hydroxylation sites is 2. The maximum Gasteiger partial charge on any atom is 0.340 e. The molecule has 2 aromatic rings. The summed E-state index contributed by atoms with van der Waals surface area (Å²) in [4.78, 5) is 12.2. The number of benzene rings is 2. The van der Waals surface area contributed by atoms with Crippen molar-refractivity contribution in [3.8, 4) is 5.75 Å². The van der Waals surface area contributed by atoms with Crippen LogP contribution in [0.4, 0.5) is 10.5 Å². The van der Waals surface area contributed by atoms with Gasteiger partial charge in [-0.25, -0.2) is 9.80 Å². The molecule has 1 heterocycles. The van der Waals surface area contributed by atoms with E-state index in [2.05, 4.69) is 10.7 Å². The first-order chi connectivity index (χ1) is 11.3. The molecule has 0 atom stereocenters. The minimum absolute atomic E-state index is 0.189. The first-order valence-corrected chi connectivity index (χ1v) is 7.51. The standard InChI is InChI=1S/C18H19N3O2/c1-23-17-9-5-3-7-15(17)10-12-19-18(22)21-13-11-14-6-2-4-8-16(14)20-21/h2-9,11,13,20H,10,12H2,1H3,(H,19,22). The molecular formula is C18H19N3O2. The molecular weight excluding hydrogens is 290 g/mol. The Hall–Kier alpha value is -2.95. The van der Waals surface area contributed by atoms with Crippen molar-refractivity contribution < 1.29 is 9.53 Å². The number of anilines is 1.